The standard InChI is InChI=1S/C29H37NO7/c1-3-18-14-19(5-8-27(18)37-4-2)21-6-7-24(33)29-22(21)12-17(13-26(29)35)11-20(9-10-31)23(16-32)25(34)15-28(30)36/h5-8,14,17,20,23,31-33H,3-4,9-13,15-16H2,1-2H3,(H2,30,36). The van der Waals surface area contributed by atoms with E-state index >= 15 is 0 Å². The zero-order valence-corrected chi connectivity index (χ0v) is 21.5. The number of ketones is 2. The molecule has 8 heteroatoms. The van der Waals surface area contributed by atoms with E-state index in [0.717, 1.165) is 34.4 Å². The topological polar surface area (TPSA) is 147 Å². The number of primary amides is 1. The number of carbonyl (C=O) groups excluding carboxylic acids is 3. The summed E-state index contributed by atoms with van der Waals surface area (Å²) in [4.78, 5) is 37.1. The van der Waals surface area contributed by atoms with Crippen LogP contribution in [0.1, 0.15) is 61.0 Å². The van der Waals surface area contributed by atoms with E-state index in [1.54, 1.807) is 6.07 Å². The third-order valence-electron chi connectivity index (χ3n) is 7.25. The number of nitrogens with two attached hydrogens (primary N) is 1. The van der Waals surface area contributed by atoms with Gasteiger partial charge >= 0.3 is 0 Å². The lowest BCUT2D eigenvalue weighted by molar-refractivity contribution is -0.131. The summed E-state index contributed by atoms with van der Waals surface area (Å²) >= 11 is 0. The van der Waals surface area contributed by atoms with Gasteiger partial charge in [0, 0.05) is 18.9 Å². The number of fused-ring (bicyclic) bond motifs is 1. The molecule has 0 fully saturated rings. The smallest absolute Gasteiger partial charge is 0.224 e. The average molecular weight is 512 g/mol. The van der Waals surface area contributed by atoms with Crippen LogP contribution >= 0.6 is 0 Å². The average Bonchev–Trinajstić information content (AvgIpc) is 2.84. The lowest BCUT2D eigenvalue weighted by Gasteiger charge is -2.31. The zero-order chi connectivity index (χ0) is 27.1. The van der Waals surface area contributed by atoms with Crippen LogP contribution in [0.2, 0.25) is 0 Å². The van der Waals surface area contributed by atoms with Crippen molar-refractivity contribution < 1.29 is 34.4 Å². The first-order valence-corrected chi connectivity index (χ1v) is 12.9. The first-order chi connectivity index (χ1) is 17.7. The van der Waals surface area contributed by atoms with E-state index < -0.39 is 36.6 Å². The van der Waals surface area contributed by atoms with Crippen molar-refractivity contribution in [3.8, 4) is 22.6 Å². The van der Waals surface area contributed by atoms with E-state index in [1.807, 2.05) is 38.1 Å². The molecule has 8 nitrogen and oxygen atoms in total. The maximum atomic E-state index is 13.2. The van der Waals surface area contributed by atoms with Crippen molar-refractivity contribution in [2.24, 2.45) is 23.5 Å². The molecule has 0 bridgehead atoms. The van der Waals surface area contributed by atoms with Gasteiger partial charge in [0.1, 0.15) is 17.3 Å². The molecule has 0 spiro atoms. The number of aliphatic hydroxyl groups is 2. The number of carbonyl (C=O) groups is 3. The number of aryl methyl sites for hydroxylation is 1. The molecular formula is C29H37NO7. The van der Waals surface area contributed by atoms with Gasteiger partial charge in [-0.3, -0.25) is 14.4 Å². The first kappa shape index (κ1) is 28.3. The molecule has 0 heterocycles. The van der Waals surface area contributed by atoms with E-state index in [1.165, 1.54) is 0 Å². The summed E-state index contributed by atoms with van der Waals surface area (Å²) in [6.45, 7) is 3.88. The second-order valence-electron chi connectivity index (χ2n) is 9.70. The van der Waals surface area contributed by atoms with Gasteiger partial charge in [-0.05, 0) is 84.9 Å². The summed E-state index contributed by atoms with van der Waals surface area (Å²) in [6.07, 6.45) is 1.62. The molecule has 3 rings (SSSR count). The van der Waals surface area contributed by atoms with E-state index in [-0.39, 0.29) is 36.9 Å². The van der Waals surface area contributed by atoms with Crippen molar-refractivity contribution in [2.45, 2.75) is 52.4 Å². The Morgan fingerprint density at radius 3 is 2.51 bits per heavy atom. The van der Waals surface area contributed by atoms with Crippen molar-refractivity contribution >= 4 is 17.5 Å². The molecule has 3 atom stereocenters. The molecule has 200 valence electrons. The predicted molar refractivity (Wildman–Crippen MR) is 139 cm³/mol. The van der Waals surface area contributed by atoms with Crippen LogP contribution in [0.5, 0.6) is 11.5 Å². The van der Waals surface area contributed by atoms with Crippen molar-refractivity contribution in [1.82, 2.24) is 0 Å². The summed E-state index contributed by atoms with van der Waals surface area (Å²) in [5.41, 5.74) is 9.07. The van der Waals surface area contributed by atoms with Crippen molar-refractivity contribution in [1.29, 1.82) is 0 Å². The monoisotopic (exact) mass is 511 g/mol. The molecule has 2 aromatic rings. The number of Topliss-reactive ketones (excluding diaryl/α,β-unsaturated/α-hetero) is 2. The Balaban J connectivity index is 1.96. The largest absolute Gasteiger partial charge is 0.507 e. The highest BCUT2D eigenvalue weighted by Gasteiger charge is 2.35. The van der Waals surface area contributed by atoms with Gasteiger partial charge in [-0.25, -0.2) is 0 Å². The SMILES string of the molecule is CCOc1ccc(-c2ccc(O)c3c2CC(CC(CCO)C(CO)C(=O)CC(N)=O)CC3=O)cc1CC. The molecule has 0 radical (unpaired) electrons. The fraction of sp³-hybridized carbons (Fsp3) is 0.483. The number of aliphatic hydroxyl groups excluding tert-OH is 2. The predicted octanol–water partition coefficient (Wildman–Crippen LogP) is 3.21. The number of aromatic hydroxyl groups is 1. The van der Waals surface area contributed by atoms with E-state index in [0.29, 0.717) is 25.0 Å². The molecule has 0 aliphatic heterocycles. The van der Waals surface area contributed by atoms with Crippen molar-refractivity contribution in [3.05, 3.63) is 47.0 Å². The molecule has 1 amide bonds. The van der Waals surface area contributed by atoms with Crippen LogP contribution in [-0.4, -0.2) is 52.6 Å². The van der Waals surface area contributed by atoms with Crippen molar-refractivity contribution in [2.75, 3.05) is 19.8 Å². The Morgan fingerprint density at radius 1 is 1.14 bits per heavy atom. The minimum absolute atomic E-state index is 0.0550. The van der Waals surface area contributed by atoms with Crippen LogP contribution in [0.3, 0.4) is 0 Å². The van der Waals surface area contributed by atoms with Crippen molar-refractivity contribution in [3.63, 3.8) is 0 Å². The highest BCUT2D eigenvalue weighted by Crippen LogP contribution is 2.41. The minimum Gasteiger partial charge on any atom is -0.507 e. The summed E-state index contributed by atoms with van der Waals surface area (Å²) in [7, 11) is 0. The van der Waals surface area contributed by atoms with E-state index in [2.05, 4.69) is 0 Å². The Bertz CT molecular complexity index is 1140. The number of rotatable bonds is 13. The lowest BCUT2D eigenvalue weighted by Crippen LogP contribution is -2.33. The fourth-order valence-corrected chi connectivity index (χ4v) is 5.53. The van der Waals surface area contributed by atoms with Gasteiger partial charge in [-0.15, -0.1) is 0 Å². The van der Waals surface area contributed by atoms with E-state index in [9.17, 15) is 29.7 Å². The Hall–Kier alpha value is -3.23. The molecule has 0 saturated carbocycles. The van der Waals surface area contributed by atoms with Gasteiger partial charge < -0.3 is 25.8 Å². The minimum atomic E-state index is -0.849. The van der Waals surface area contributed by atoms with Crippen LogP contribution in [-0.2, 0) is 22.4 Å². The number of ether oxygens (including phenoxy) is 1. The zero-order valence-electron chi connectivity index (χ0n) is 21.5. The highest BCUT2D eigenvalue weighted by atomic mass is 16.5. The third kappa shape index (κ3) is 6.56. The summed E-state index contributed by atoms with van der Waals surface area (Å²) in [5, 5.41) is 30.1. The van der Waals surface area contributed by atoms with E-state index in [4.69, 9.17) is 10.5 Å². The summed E-state index contributed by atoms with van der Waals surface area (Å²) < 4.78 is 5.74. The molecule has 0 saturated heterocycles. The Kier molecular flexibility index (Phi) is 9.83. The van der Waals surface area contributed by atoms with Crippen LogP contribution in [0.25, 0.3) is 11.1 Å². The summed E-state index contributed by atoms with van der Waals surface area (Å²) in [6, 6.07) is 9.28. The maximum Gasteiger partial charge on any atom is 0.224 e. The van der Waals surface area contributed by atoms with Gasteiger partial charge in [-0.2, -0.15) is 0 Å². The number of benzene rings is 2. The molecule has 0 aromatic heterocycles. The van der Waals surface area contributed by atoms with Gasteiger partial charge in [0.2, 0.25) is 5.91 Å². The maximum absolute atomic E-state index is 13.2. The van der Waals surface area contributed by atoms with Gasteiger partial charge in [0.25, 0.3) is 0 Å². The lowest BCUT2D eigenvalue weighted by atomic mass is 9.72. The molecule has 1 aliphatic carbocycles. The molecule has 3 unspecified atom stereocenters. The second kappa shape index (κ2) is 12.8. The summed E-state index contributed by atoms with van der Waals surface area (Å²) in [5.74, 6) is -2.08. The molecule has 5 N–H and O–H groups in total. The molecule has 2 aromatic carbocycles. The number of hydrogen-bond donors (Lipinski definition) is 4. The van der Waals surface area contributed by atoms with Crippen LogP contribution in [0, 0.1) is 17.8 Å². The number of phenolic OH excluding ortho intramolecular Hbond substituents is 1. The van der Waals surface area contributed by atoms with Gasteiger partial charge in [-0.1, -0.05) is 19.1 Å². The normalized spacial score (nSPS) is 16.6. The van der Waals surface area contributed by atoms with Gasteiger partial charge in [0.05, 0.1) is 25.2 Å². The van der Waals surface area contributed by atoms with Crippen LogP contribution in [0.15, 0.2) is 30.3 Å². The Morgan fingerprint density at radius 2 is 1.89 bits per heavy atom. The molecule has 1 aliphatic rings. The quantitative estimate of drug-likeness (QED) is 0.302. The van der Waals surface area contributed by atoms with Gasteiger partial charge in [0.15, 0.2) is 5.78 Å². The molecular weight excluding hydrogens is 474 g/mol. The number of amides is 1. The number of hydrogen-bond acceptors (Lipinski definition) is 7. The van der Waals surface area contributed by atoms with Crippen LogP contribution in [0.4, 0.5) is 0 Å². The van der Waals surface area contributed by atoms with Crippen LogP contribution < -0.4 is 10.5 Å². The third-order valence-corrected chi connectivity index (χ3v) is 7.25. The number of phenols is 1. The first-order valence-electron chi connectivity index (χ1n) is 12.9. The second-order valence-corrected chi connectivity index (χ2v) is 9.70. The Labute approximate surface area is 217 Å². The fourth-order valence-electron chi connectivity index (χ4n) is 5.53. The highest BCUT2D eigenvalue weighted by molar-refractivity contribution is 6.03. The molecule has 37 heavy (non-hydrogen) atoms.